The number of aryl methyl sites for hydroxylation is 1. The Morgan fingerprint density at radius 3 is 2.87 bits per heavy atom. The van der Waals surface area contributed by atoms with Crippen LogP contribution in [0.25, 0.3) is 0 Å². The van der Waals surface area contributed by atoms with Gasteiger partial charge in [-0.25, -0.2) is 0 Å². The number of fused-ring (bicyclic) bond motifs is 1. The molecule has 120 valence electrons. The van der Waals surface area contributed by atoms with E-state index >= 15 is 0 Å². The number of rotatable bonds is 2. The van der Waals surface area contributed by atoms with E-state index in [0.29, 0.717) is 12.2 Å². The summed E-state index contributed by atoms with van der Waals surface area (Å²) in [6.07, 6.45) is 2.39. The molecule has 23 heavy (non-hydrogen) atoms. The van der Waals surface area contributed by atoms with Gasteiger partial charge in [-0.3, -0.25) is 9.89 Å². The first-order chi connectivity index (χ1) is 11.2. The molecular weight excluding hydrogens is 292 g/mol. The van der Waals surface area contributed by atoms with E-state index in [0.717, 1.165) is 48.7 Å². The van der Waals surface area contributed by atoms with Crippen molar-refractivity contribution in [1.82, 2.24) is 15.5 Å². The highest BCUT2D eigenvalue weighted by Gasteiger charge is 2.32. The van der Waals surface area contributed by atoms with Crippen LogP contribution in [0.5, 0.6) is 5.75 Å². The zero-order valence-corrected chi connectivity index (χ0v) is 13.1. The summed E-state index contributed by atoms with van der Waals surface area (Å²) in [5.41, 5.74) is 4.04. The van der Waals surface area contributed by atoms with Crippen molar-refractivity contribution in [3.05, 3.63) is 41.2 Å². The maximum atomic E-state index is 12.4. The molecule has 0 radical (unpaired) electrons. The number of aromatic amines is 1. The molecule has 2 aliphatic rings. The van der Waals surface area contributed by atoms with Gasteiger partial charge in [0.25, 0.3) is 0 Å². The van der Waals surface area contributed by atoms with Crippen LogP contribution in [-0.4, -0.2) is 42.3 Å². The van der Waals surface area contributed by atoms with Crippen molar-refractivity contribution in [3.8, 4) is 5.75 Å². The van der Waals surface area contributed by atoms with Crippen LogP contribution >= 0.6 is 0 Å². The highest BCUT2D eigenvalue weighted by Crippen LogP contribution is 2.36. The normalized spacial score (nSPS) is 21.0. The Morgan fingerprint density at radius 2 is 2.13 bits per heavy atom. The number of nitrogens with one attached hydrogen (secondary N) is 2. The predicted molar refractivity (Wildman–Crippen MR) is 86.9 cm³/mol. The number of anilines is 1. The Kier molecular flexibility index (Phi) is 3.53. The predicted octanol–water partition coefficient (Wildman–Crippen LogP) is 1.37. The molecule has 1 saturated heterocycles. The second kappa shape index (κ2) is 5.70. The van der Waals surface area contributed by atoms with E-state index in [1.165, 1.54) is 0 Å². The Morgan fingerprint density at radius 1 is 1.30 bits per heavy atom. The van der Waals surface area contributed by atoms with Crippen LogP contribution in [-0.2, 0) is 11.2 Å². The first-order valence-corrected chi connectivity index (χ1v) is 8.02. The Labute approximate surface area is 134 Å². The number of carbonyl (C=O) groups excluding carboxylic acids is 1. The van der Waals surface area contributed by atoms with E-state index in [9.17, 15) is 4.79 Å². The number of esters is 1. The zero-order valence-electron chi connectivity index (χ0n) is 13.1. The molecule has 1 aromatic heterocycles. The molecule has 2 N–H and O–H groups in total. The first kappa shape index (κ1) is 14.3. The highest BCUT2D eigenvalue weighted by atomic mass is 16.5. The van der Waals surface area contributed by atoms with Gasteiger partial charge in [0.1, 0.15) is 11.7 Å². The lowest BCUT2D eigenvalue weighted by Crippen LogP contribution is -2.43. The summed E-state index contributed by atoms with van der Waals surface area (Å²) in [6.45, 7) is 5.87. The quantitative estimate of drug-likeness (QED) is 0.647. The van der Waals surface area contributed by atoms with Gasteiger partial charge in [0.2, 0.25) is 0 Å². The molecule has 0 aliphatic carbocycles. The lowest BCUT2D eigenvalue weighted by molar-refractivity contribution is -0.137. The summed E-state index contributed by atoms with van der Waals surface area (Å²) in [4.78, 5) is 14.7. The molecule has 0 amide bonds. The van der Waals surface area contributed by atoms with Gasteiger partial charge in [0.15, 0.2) is 0 Å². The van der Waals surface area contributed by atoms with Crippen molar-refractivity contribution in [2.24, 2.45) is 0 Å². The number of piperazine rings is 1. The molecule has 0 bridgehead atoms. The standard InChI is InChI=1S/C17H20N4O2/c1-11-10-19-20-16(11)14-8-12-2-3-13(9-15(12)23-17(14)22)21-6-4-18-5-7-21/h2-3,9-10,14,18H,4-8H2,1H3,(H,19,20). The number of H-pyrrole nitrogens is 1. The van der Waals surface area contributed by atoms with Crippen LogP contribution in [0.4, 0.5) is 5.69 Å². The number of aromatic nitrogens is 2. The van der Waals surface area contributed by atoms with Crippen LogP contribution < -0.4 is 15.0 Å². The molecular formula is C17H20N4O2. The molecule has 4 rings (SSSR count). The van der Waals surface area contributed by atoms with E-state index in [1.807, 2.05) is 13.0 Å². The lowest BCUT2D eigenvalue weighted by Gasteiger charge is -2.31. The molecule has 3 heterocycles. The fourth-order valence-electron chi connectivity index (χ4n) is 3.34. The molecule has 2 aliphatic heterocycles. The molecule has 1 aromatic carbocycles. The SMILES string of the molecule is Cc1cn[nH]c1C1Cc2ccc(N3CCNCC3)cc2OC1=O. The number of hydrogen-bond donors (Lipinski definition) is 2. The number of benzene rings is 1. The maximum Gasteiger partial charge on any atom is 0.320 e. The topological polar surface area (TPSA) is 70.2 Å². The first-order valence-electron chi connectivity index (χ1n) is 8.02. The number of hydrogen-bond acceptors (Lipinski definition) is 5. The Bertz CT molecular complexity index is 734. The molecule has 1 unspecified atom stereocenters. The summed E-state index contributed by atoms with van der Waals surface area (Å²) >= 11 is 0. The van der Waals surface area contributed by atoms with E-state index in [-0.39, 0.29) is 11.9 Å². The minimum Gasteiger partial charge on any atom is -0.426 e. The number of carbonyl (C=O) groups is 1. The largest absolute Gasteiger partial charge is 0.426 e. The second-order valence-electron chi connectivity index (χ2n) is 6.17. The second-order valence-corrected chi connectivity index (χ2v) is 6.17. The molecule has 0 saturated carbocycles. The van der Waals surface area contributed by atoms with Crippen LogP contribution in [0.3, 0.4) is 0 Å². The molecule has 6 nitrogen and oxygen atoms in total. The van der Waals surface area contributed by atoms with E-state index in [1.54, 1.807) is 6.20 Å². The smallest absolute Gasteiger partial charge is 0.320 e. The van der Waals surface area contributed by atoms with Crippen LogP contribution in [0, 0.1) is 6.92 Å². The third kappa shape index (κ3) is 2.59. The van der Waals surface area contributed by atoms with E-state index in [2.05, 4.69) is 32.5 Å². The van der Waals surface area contributed by atoms with Gasteiger partial charge in [0.05, 0.1) is 11.9 Å². The van der Waals surface area contributed by atoms with E-state index < -0.39 is 0 Å². The molecule has 6 heteroatoms. The van der Waals surface area contributed by atoms with Gasteiger partial charge in [-0.2, -0.15) is 5.10 Å². The zero-order chi connectivity index (χ0) is 15.8. The number of ether oxygens (including phenoxy) is 1. The third-order valence-corrected chi connectivity index (χ3v) is 4.67. The van der Waals surface area contributed by atoms with Crippen molar-refractivity contribution in [2.45, 2.75) is 19.3 Å². The van der Waals surface area contributed by atoms with Gasteiger partial charge < -0.3 is 15.0 Å². The third-order valence-electron chi connectivity index (χ3n) is 4.67. The van der Waals surface area contributed by atoms with E-state index in [4.69, 9.17) is 4.74 Å². The monoisotopic (exact) mass is 312 g/mol. The van der Waals surface area contributed by atoms with Crippen molar-refractivity contribution in [3.63, 3.8) is 0 Å². The van der Waals surface area contributed by atoms with Gasteiger partial charge in [-0.1, -0.05) is 6.07 Å². The average molecular weight is 312 g/mol. The fraction of sp³-hybridized carbons (Fsp3) is 0.412. The summed E-state index contributed by atoms with van der Waals surface area (Å²) in [6, 6.07) is 6.20. The fourth-order valence-corrected chi connectivity index (χ4v) is 3.34. The number of nitrogens with zero attached hydrogens (tertiary/aromatic N) is 2. The van der Waals surface area contributed by atoms with Gasteiger partial charge >= 0.3 is 5.97 Å². The summed E-state index contributed by atoms with van der Waals surface area (Å²) < 4.78 is 5.63. The minimum atomic E-state index is -0.296. The van der Waals surface area contributed by atoms with Crippen molar-refractivity contribution in [1.29, 1.82) is 0 Å². The Balaban J connectivity index is 1.61. The molecule has 1 atom stereocenters. The summed E-state index contributed by atoms with van der Waals surface area (Å²) in [7, 11) is 0. The van der Waals surface area contributed by atoms with Crippen LogP contribution in [0.1, 0.15) is 22.7 Å². The minimum absolute atomic E-state index is 0.206. The molecule has 0 spiro atoms. The summed E-state index contributed by atoms with van der Waals surface area (Å²) in [5, 5.41) is 10.3. The van der Waals surface area contributed by atoms with Crippen LogP contribution in [0.2, 0.25) is 0 Å². The molecule has 2 aromatic rings. The van der Waals surface area contributed by atoms with Crippen molar-refractivity contribution < 1.29 is 9.53 Å². The van der Waals surface area contributed by atoms with Crippen molar-refractivity contribution >= 4 is 11.7 Å². The average Bonchev–Trinajstić information content (AvgIpc) is 3.00. The van der Waals surface area contributed by atoms with Crippen molar-refractivity contribution in [2.75, 3.05) is 31.1 Å². The maximum absolute atomic E-state index is 12.4. The summed E-state index contributed by atoms with van der Waals surface area (Å²) in [5.74, 6) is 0.191. The highest BCUT2D eigenvalue weighted by molar-refractivity contribution is 5.83. The van der Waals surface area contributed by atoms with Gasteiger partial charge in [-0.05, 0) is 30.5 Å². The Hall–Kier alpha value is -2.34. The van der Waals surface area contributed by atoms with Gasteiger partial charge in [-0.15, -0.1) is 0 Å². The molecule has 1 fully saturated rings. The van der Waals surface area contributed by atoms with Gasteiger partial charge in [0, 0.05) is 37.9 Å². The lowest BCUT2D eigenvalue weighted by atomic mass is 9.91. The van der Waals surface area contributed by atoms with Crippen LogP contribution in [0.15, 0.2) is 24.4 Å².